The third-order valence-electron chi connectivity index (χ3n) is 7.28. The number of pyridine rings is 1. The number of fused-ring (bicyclic) bond motifs is 1. The second-order valence-electron chi connectivity index (χ2n) is 11.5. The number of nitrogens with one attached hydrogen (secondary N) is 1. The van der Waals surface area contributed by atoms with Gasteiger partial charge >= 0.3 is 0 Å². The maximum atomic E-state index is 14.0. The van der Waals surface area contributed by atoms with Gasteiger partial charge in [0.25, 0.3) is 0 Å². The monoisotopic (exact) mass is 599 g/mol. The normalized spacial score (nSPS) is 15.1. The van der Waals surface area contributed by atoms with Crippen LogP contribution in [0, 0.1) is 6.92 Å². The molecule has 0 spiro atoms. The summed E-state index contributed by atoms with van der Waals surface area (Å²) in [6.07, 6.45) is 3.40. The highest BCUT2D eigenvalue weighted by Crippen LogP contribution is 2.51. The van der Waals surface area contributed by atoms with E-state index in [0.717, 1.165) is 33.6 Å². The third kappa shape index (κ3) is 6.39. The van der Waals surface area contributed by atoms with Gasteiger partial charge in [-0.25, -0.2) is 4.68 Å². The summed E-state index contributed by atoms with van der Waals surface area (Å²) in [6, 6.07) is 17.4. The van der Waals surface area contributed by atoms with Crippen LogP contribution >= 0.6 is 11.8 Å². The van der Waals surface area contributed by atoms with Crippen LogP contribution in [0.1, 0.15) is 54.0 Å². The number of nitrogens with zero attached hydrogens (tertiary/aromatic N) is 4. The Balaban J connectivity index is 1.70. The third-order valence-corrected chi connectivity index (χ3v) is 8.52. The van der Waals surface area contributed by atoms with Crippen LogP contribution in [-0.2, 0) is 21.5 Å². The molecule has 1 unspecified atom stereocenters. The van der Waals surface area contributed by atoms with E-state index >= 15 is 0 Å². The van der Waals surface area contributed by atoms with Gasteiger partial charge < -0.3 is 14.8 Å². The molecule has 3 heterocycles. The van der Waals surface area contributed by atoms with Crippen molar-refractivity contribution in [3.63, 3.8) is 0 Å². The molecule has 4 aromatic rings. The lowest BCUT2D eigenvalue weighted by molar-refractivity contribution is -0.123. The Morgan fingerprint density at radius 3 is 2.58 bits per heavy atom. The van der Waals surface area contributed by atoms with E-state index < -0.39 is 0 Å². The SMILES string of the molecule is COc1ccc(OC)c(C2SCC(=O)N(CC(=O)NCc3cccnc3)c3c2c(C(C)(C)C)nn3-c2cccc(C)c2)c1. The van der Waals surface area contributed by atoms with Gasteiger partial charge in [0.15, 0.2) is 0 Å². The molecule has 0 saturated heterocycles. The van der Waals surface area contributed by atoms with Gasteiger partial charge in [-0.1, -0.05) is 39.0 Å². The summed E-state index contributed by atoms with van der Waals surface area (Å²) in [5.41, 5.74) is 4.94. The molecule has 0 fully saturated rings. The van der Waals surface area contributed by atoms with Crippen LogP contribution in [0.4, 0.5) is 5.82 Å². The van der Waals surface area contributed by atoms with E-state index in [1.54, 1.807) is 31.5 Å². The number of hydrogen-bond acceptors (Lipinski definition) is 7. The number of carbonyl (C=O) groups is 2. The van der Waals surface area contributed by atoms with Gasteiger partial charge in [-0.2, -0.15) is 5.10 Å². The van der Waals surface area contributed by atoms with Gasteiger partial charge in [0.1, 0.15) is 23.9 Å². The summed E-state index contributed by atoms with van der Waals surface area (Å²) in [6.45, 7) is 8.50. The van der Waals surface area contributed by atoms with Gasteiger partial charge in [0, 0.05) is 35.5 Å². The standard InChI is InChI=1S/C33H37N5O4S/c1-21-9-7-11-23(15-21)38-32-29(31(36-38)33(2,3)4)30(25-16-24(41-5)12-13-26(25)42-6)43-20-28(40)37(32)19-27(39)35-18-22-10-8-14-34-17-22/h7-17,30H,18-20H2,1-6H3,(H,35,39). The smallest absolute Gasteiger partial charge is 0.240 e. The number of ether oxygens (including phenoxy) is 2. The number of hydrogen-bond donors (Lipinski definition) is 1. The predicted molar refractivity (Wildman–Crippen MR) is 169 cm³/mol. The van der Waals surface area contributed by atoms with Crippen molar-refractivity contribution >= 4 is 29.4 Å². The molecule has 1 atom stereocenters. The number of thioether (sulfide) groups is 1. The van der Waals surface area contributed by atoms with E-state index in [2.05, 4.69) is 31.1 Å². The molecule has 224 valence electrons. The molecule has 10 heteroatoms. The van der Waals surface area contributed by atoms with Gasteiger partial charge in [-0.3, -0.25) is 19.5 Å². The summed E-state index contributed by atoms with van der Waals surface area (Å²) < 4.78 is 13.2. The number of amides is 2. The zero-order valence-electron chi connectivity index (χ0n) is 25.4. The molecule has 43 heavy (non-hydrogen) atoms. The number of aromatic nitrogens is 3. The average Bonchev–Trinajstić information content (AvgIpc) is 3.34. The second-order valence-corrected chi connectivity index (χ2v) is 12.6. The quantitative estimate of drug-likeness (QED) is 0.291. The number of aryl methyl sites for hydroxylation is 1. The maximum Gasteiger partial charge on any atom is 0.240 e. The zero-order valence-corrected chi connectivity index (χ0v) is 26.2. The molecule has 0 saturated carbocycles. The number of carbonyl (C=O) groups excluding carboxylic acids is 2. The molecule has 9 nitrogen and oxygen atoms in total. The molecule has 2 aromatic carbocycles. The van der Waals surface area contributed by atoms with Crippen molar-refractivity contribution in [2.45, 2.75) is 44.9 Å². The Hall–Kier alpha value is -4.31. The van der Waals surface area contributed by atoms with Crippen molar-refractivity contribution in [2.75, 3.05) is 31.4 Å². The Bertz CT molecular complexity index is 1630. The van der Waals surface area contributed by atoms with Crippen molar-refractivity contribution in [3.8, 4) is 17.2 Å². The van der Waals surface area contributed by atoms with Crippen molar-refractivity contribution in [2.24, 2.45) is 0 Å². The topological polar surface area (TPSA) is 98.6 Å². The molecule has 1 aliphatic rings. The molecule has 2 amide bonds. The van der Waals surface area contributed by atoms with Crippen LogP contribution in [0.5, 0.6) is 11.5 Å². The van der Waals surface area contributed by atoms with E-state index in [1.165, 1.54) is 11.8 Å². The van der Waals surface area contributed by atoms with Crippen LogP contribution in [0.2, 0.25) is 0 Å². The minimum absolute atomic E-state index is 0.157. The fourth-order valence-corrected chi connectivity index (χ4v) is 6.42. The van der Waals surface area contributed by atoms with E-state index in [9.17, 15) is 9.59 Å². The molecule has 0 bridgehead atoms. The average molecular weight is 600 g/mol. The van der Waals surface area contributed by atoms with Gasteiger partial charge in [0.2, 0.25) is 11.8 Å². The molecule has 5 rings (SSSR count). The highest BCUT2D eigenvalue weighted by atomic mass is 32.2. The van der Waals surface area contributed by atoms with E-state index in [0.29, 0.717) is 23.9 Å². The largest absolute Gasteiger partial charge is 0.497 e. The Morgan fingerprint density at radius 2 is 1.91 bits per heavy atom. The molecule has 2 aromatic heterocycles. The number of benzene rings is 2. The molecule has 1 N–H and O–H groups in total. The molecule has 0 aliphatic carbocycles. The Kier molecular flexibility index (Phi) is 8.77. The van der Waals surface area contributed by atoms with Gasteiger partial charge in [0.05, 0.1) is 36.6 Å². The minimum Gasteiger partial charge on any atom is -0.497 e. The van der Waals surface area contributed by atoms with Crippen LogP contribution in [0.3, 0.4) is 0 Å². The van der Waals surface area contributed by atoms with E-state index in [4.69, 9.17) is 14.6 Å². The first-order valence-corrected chi connectivity index (χ1v) is 15.2. The van der Waals surface area contributed by atoms with Crippen molar-refractivity contribution < 1.29 is 19.1 Å². The van der Waals surface area contributed by atoms with Crippen LogP contribution < -0.4 is 19.7 Å². The lowest BCUT2D eigenvalue weighted by atomic mass is 9.87. The van der Waals surface area contributed by atoms with Gasteiger partial charge in [-0.15, -0.1) is 11.8 Å². The lowest BCUT2D eigenvalue weighted by Gasteiger charge is -2.25. The maximum absolute atomic E-state index is 14.0. The lowest BCUT2D eigenvalue weighted by Crippen LogP contribution is -2.42. The predicted octanol–water partition coefficient (Wildman–Crippen LogP) is 5.38. The number of rotatable bonds is 8. The first-order valence-electron chi connectivity index (χ1n) is 14.1. The first-order chi connectivity index (χ1) is 20.6. The van der Waals surface area contributed by atoms with Crippen LogP contribution in [0.15, 0.2) is 67.0 Å². The molecule has 0 radical (unpaired) electrons. The van der Waals surface area contributed by atoms with Crippen LogP contribution in [0.25, 0.3) is 5.69 Å². The first kappa shape index (κ1) is 30.2. The summed E-state index contributed by atoms with van der Waals surface area (Å²) >= 11 is 1.50. The highest BCUT2D eigenvalue weighted by Gasteiger charge is 2.40. The Labute approximate surface area is 256 Å². The van der Waals surface area contributed by atoms with Crippen molar-refractivity contribution in [1.29, 1.82) is 0 Å². The number of methoxy groups -OCH3 is 2. The molecule has 1 aliphatic heterocycles. The summed E-state index contributed by atoms with van der Waals surface area (Å²) in [4.78, 5) is 33.1. The highest BCUT2D eigenvalue weighted by molar-refractivity contribution is 8.00. The van der Waals surface area contributed by atoms with E-state index in [1.807, 2.05) is 66.2 Å². The molecular weight excluding hydrogens is 562 g/mol. The second kappa shape index (κ2) is 12.5. The van der Waals surface area contributed by atoms with Crippen LogP contribution in [-0.4, -0.2) is 53.1 Å². The van der Waals surface area contributed by atoms with Crippen molar-refractivity contribution in [1.82, 2.24) is 20.1 Å². The fourth-order valence-electron chi connectivity index (χ4n) is 5.21. The summed E-state index contributed by atoms with van der Waals surface area (Å²) in [5, 5.41) is 7.81. The fraction of sp³-hybridized carbons (Fsp3) is 0.333. The Morgan fingerprint density at radius 1 is 1.09 bits per heavy atom. The van der Waals surface area contributed by atoms with Gasteiger partial charge in [-0.05, 0) is 54.4 Å². The van der Waals surface area contributed by atoms with Crippen molar-refractivity contribution in [3.05, 3.63) is 94.9 Å². The minimum atomic E-state index is -0.383. The zero-order chi connectivity index (χ0) is 30.7. The summed E-state index contributed by atoms with van der Waals surface area (Å²) in [5.74, 6) is 1.65. The number of anilines is 1. The summed E-state index contributed by atoms with van der Waals surface area (Å²) in [7, 11) is 3.27. The molecular formula is C33H37N5O4S. The van der Waals surface area contributed by atoms with E-state index in [-0.39, 0.29) is 34.8 Å².